The zero-order chi connectivity index (χ0) is 14.5. The summed E-state index contributed by atoms with van der Waals surface area (Å²) in [6, 6.07) is 8.18. The summed E-state index contributed by atoms with van der Waals surface area (Å²) >= 11 is 1.17. The van der Waals surface area contributed by atoms with E-state index in [9.17, 15) is 4.79 Å². The monoisotopic (exact) mass is 291 g/mol. The normalized spacial score (nSPS) is 10.3. The number of nitrogens with one attached hydrogen (secondary N) is 1. The highest BCUT2D eigenvalue weighted by atomic mass is 32.1. The maximum absolute atomic E-state index is 11.7. The lowest BCUT2D eigenvalue weighted by atomic mass is 10.1. The van der Waals surface area contributed by atoms with E-state index in [0.29, 0.717) is 17.1 Å². The number of nitrogens with zero attached hydrogens (tertiary/aromatic N) is 1. The molecule has 2 rings (SSSR count). The molecule has 0 aliphatic rings. The van der Waals surface area contributed by atoms with Crippen molar-refractivity contribution >= 4 is 28.3 Å². The van der Waals surface area contributed by atoms with Crippen LogP contribution in [-0.2, 0) is 17.7 Å². The summed E-state index contributed by atoms with van der Waals surface area (Å²) in [5.41, 5.74) is 8.48. The summed E-state index contributed by atoms with van der Waals surface area (Å²) < 4.78 is 8.72. The minimum atomic E-state index is -0.470. The van der Waals surface area contributed by atoms with E-state index < -0.39 is 5.97 Å². The number of aromatic nitrogens is 1. The Morgan fingerprint density at radius 3 is 2.75 bits per heavy atom. The number of nitrogen functional groups attached to an aromatic ring is 1. The molecule has 1 aromatic carbocycles. The smallest absolute Gasteiger partial charge is 0.344 e. The first kappa shape index (κ1) is 14.3. The van der Waals surface area contributed by atoms with E-state index >= 15 is 0 Å². The van der Waals surface area contributed by atoms with Gasteiger partial charge in [-0.3, -0.25) is 0 Å². The third kappa shape index (κ3) is 2.91. The van der Waals surface area contributed by atoms with E-state index in [1.54, 1.807) is 0 Å². The predicted molar refractivity (Wildman–Crippen MR) is 81.0 cm³/mol. The Balaban J connectivity index is 2.17. The minimum absolute atomic E-state index is 0.202. The maximum Gasteiger partial charge on any atom is 0.344 e. The highest BCUT2D eigenvalue weighted by Crippen LogP contribution is 2.28. The fourth-order valence-corrected chi connectivity index (χ4v) is 2.67. The van der Waals surface area contributed by atoms with Gasteiger partial charge in [-0.1, -0.05) is 31.2 Å². The molecule has 0 fully saturated rings. The van der Waals surface area contributed by atoms with Crippen LogP contribution in [0.4, 0.5) is 10.8 Å². The Morgan fingerprint density at radius 1 is 1.40 bits per heavy atom. The van der Waals surface area contributed by atoms with E-state index in [1.807, 2.05) is 12.1 Å². The zero-order valence-corrected chi connectivity index (χ0v) is 12.3. The molecule has 2 aromatic rings. The van der Waals surface area contributed by atoms with Crippen molar-refractivity contribution in [2.45, 2.75) is 19.9 Å². The average molecular weight is 291 g/mol. The van der Waals surface area contributed by atoms with Crippen LogP contribution in [0.25, 0.3) is 0 Å². The van der Waals surface area contributed by atoms with Crippen molar-refractivity contribution in [2.75, 3.05) is 18.2 Å². The molecule has 0 saturated carbocycles. The molecular weight excluding hydrogens is 274 g/mol. The molecule has 0 atom stereocenters. The number of carbonyl (C=O) groups is 1. The number of carbonyl (C=O) groups excluding carboxylic acids is 1. The second kappa shape index (κ2) is 6.38. The molecular formula is C14H17N3O2S. The first-order chi connectivity index (χ1) is 9.67. The van der Waals surface area contributed by atoms with E-state index in [0.717, 1.165) is 6.42 Å². The molecule has 0 amide bonds. The molecule has 0 aliphatic heterocycles. The Bertz CT molecular complexity index is 610. The van der Waals surface area contributed by atoms with Gasteiger partial charge in [0.25, 0.3) is 0 Å². The van der Waals surface area contributed by atoms with Gasteiger partial charge in [-0.15, -0.1) is 0 Å². The van der Waals surface area contributed by atoms with Crippen LogP contribution in [0.15, 0.2) is 24.3 Å². The number of esters is 1. The first-order valence-electron chi connectivity index (χ1n) is 6.31. The largest absolute Gasteiger partial charge is 0.465 e. The van der Waals surface area contributed by atoms with Crippen molar-refractivity contribution in [3.8, 4) is 0 Å². The van der Waals surface area contributed by atoms with Gasteiger partial charge < -0.3 is 15.8 Å². The van der Waals surface area contributed by atoms with Gasteiger partial charge in [0.05, 0.1) is 7.11 Å². The number of anilines is 2. The summed E-state index contributed by atoms with van der Waals surface area (Å²) in [6.45, 7) is 2.74. The molecule has 3 N–H and O–H groups in total. The van der Waals surface area contributed by atoms with Gasteiger partial charge in [0, 0.05) is 6.54 Å². The Labute approximate surface area is 121 Å². The molecule has 1 aromatic heterocycles. The zero-order valence-electron chi connectivity index (χ0n) is 11.5. The summed E-state index contributed by atoms with van der Waals surface area (Å²) in [5, 5.41) is 3.85. The van der Waals surface area contributed by atoms with Crippen molar-refractivity contribution in [3.63, 3.8) is 0 Å². The van der Waals surface area contributed by atoms with Crippen LogP contribution >= 0.6 is 11.5 Å². The topological polar surface area (TPSA) is 77.2 Å². The predicted octanol–water partition coefficient (Wildman–Crippen LogP) is 2.69. The first-order valence-corrected chi connectivity index (χ1v) is 7.08. The molecule has 0 saturated heterocycles. The Hall–Kier alpha value is -2.08. The van der Waals surface area contributed by atoms with Gasteiger partial charge in [-0.25, -0.2) is 4.79 Å². The molecule has 1 heterocycles. The lowest BCUT2D eigenvalue weighted by molar-refractivity contribution is 0.0603. The van der Waals surface area contributed by atoms with Crippen molar-refractivity contribution in [1.29, 1.82) is 0 Å². The Kier molecular flexibility index (Phi) is 4.57. The lowest BCUT2D eigenvalue weighted by Crippen LogP contribution is -2.08. The van der Waals surface area contributed by atoms with Crippen molar-refractivity contribution < 1.29 is 9.53 Å². The summed E-state index contributed by atoms with van der Waals surface area (Å²) in [5.74, 6) is -0.268. The SMILES string of the molecule is CCc1ccccc1CNc1snc(N)c1C(=O)OC. The summed E-state index contributed by atoms with van der Waals surface area (Å²) in [7, 11) is 1.33. The van der Waals surface area contributed by atoms with E-state index in [4.69, 9.17) is 10.5 Å². The number of ether oxygens (including phenoxy) is 1. The van der Waals surface area contributed by atoms with Gasteiger partial charge in [0.15, 0.2) is 5.82 Å². The number of methoxy groups -OCH3 is 1. The number of nitrogens with two attached hydrogens (primary N) is 1. The molecule has 0 radical (unpaired) electrons. The van der Waals surface area contributed by atoms with Gasteiger partial charge in [-0.05, 0) is 29.1 Å². The van der Waals surface area contributed by atoms with Crippen LogP contribution in [0.1, 0.15) is 28.4 Å². The molecule has 0 bridgehead atoms. The summed E-state index contributed by atoms with van der Waals surface area (Å²) in [6.07, 6.45) is 0.965. The number of hydrogen-bond acceptors (Lipinski definition) is 6. The van der Waals surface area contributed by atoms with Crippen LogP contribution in [-0.4, -0.2) is 17.5 Å². The molecule has 20 heavy (non-hydrogen) atoms. The molecule has 0 spiro atoms. The number of benzene rings is 1. The second-order valence-electron chi connectivity index (χ2n) is 4.24. The standard InChI is InChI=1S/C14H17N3O2S/c1-3-9-6-4-5-7-10(9)8-16-13-11(14(18)19-2)12(15)17-20-13/h4-7,16H,3,8H2,1-2H3,(H2,15,17). The van der Waals surface area contributed by atoms with Gasteiger partial charge in [-0.2, -0.15) is 4.37 Å². The molecule has 6 heteroatoms. The van der Waals surface area contributed by atoms with Crippen molar-refractivity contribution in [1.82, 2.24) is 4.37 Å². The van der Waals surface area contributed by atoms with Crippen LogP contribution in [0, 0.1) is 0 Å². The van der Waals surface area contributed by atoms with E-state index in [-0.39, 0.29) is 5.82 Å². The second-order valence-corrected chi connectivity index (χ2v) is 5.01. The molecule has 5 nitrogen and oxygen atoms in total. The van der Waals surface area contributed by atoms with Gasteiger partial charge >= 0.3 is 5.97 Å². The quantitative estimate of drug-likeness (QED) is 0.828. The van der Waals surface area contributed by atoms with Gasteiger partial charge in [0.1, 0.15) is 10.6 Å². The fraction of sp³-hybridized carbons (Fsp3) is 0.286. The fourth-order valence-electron chi connectivity index (χ4n) is 1.97. The minimum Gasteiger partial charge on any atom is -0.465 e. The number of rotatable bonds is 5. The Morgan fingerprint density at radius 2 is 2.10 bits per heavy atom. The number of hydrogen-bond donors (Lipinski definition) is 2. The maximum atomic E-state index is 11.7. The summed E-state index contributed by atoms with van der Waals surface area (Å²) in [4.78, 5) is 11.7. The molecule has 0 aliphatic carbocycles. The van der Waals surface area contributed by atoms with E-state index in [1.165, 1.54) is 29.8 Å². The molecule has 106 valence electrons. The third-order valence-electron chi connectivity index (χ3n) is 3.05. The van der Waals surface area contributed by atoms with Crippen molar-refractivity contribution in [3.05, 3.63) is 41.0 Å². The van der Waals surface area contributed by atoms with Crippen LogP contribution in [0.5, 0.6) is 0 Å². The van der Waals surface area contributed by atoms with Crippen LogP contribution in [0.2, 0.25) is 0 Å². The third-order valence-corrected chi connectivity index (χ3v) is 3.87. The highest BCUT2D eigenvalue weighted by molar-refractivity contribution is 7.11. The van der Waals surface area contributed by atoms with Crippen LogP contribution in [0.3, 0.4) is 0 Å². The van der Waals surface area contributed by atoms with Gasteiger partial charge in [0.2, 0.25) is 0 Å². The highest BCUT2D eigenvalue weighted by Gasteiger charge is 2.19. The molecule has 0 unspecified atom stereocenters. The number of aryl methyl sites for hydroxylation is 1. The lowest BCUT2D eigenvalue weighted by Gasteiger charge is -2.09. The average Bonchev–Trinajstić information content (AvgIpc) is 2.85. The van der Waals surface area contributed by atoms with Crippen LogP contribution < -0.4 is 11.1 Å². The van der Waals surface area contributed by atoms with E-state index in [2.05, 4.69) is 28.7 Å². The van der Waals surface area contributed by atoms with Crippen molar-refractivity contribution in [2.24, 2.45) is 0 Å².